The quantitative estimate of drug-likeness (QED) is 0.869. The highest BCUT2D eigenvalue weighted by Gasteiger charge is 2.19. The molecule has 0 saturated heterocycles. The Kier molecular flexibility index (Phi) is 3.74. The fourth-order valence-corrected chi connectivity index (χ4v) is 2.55. The normalized spacial score (nSPS) is 17.6. The molecule has 0 fully saturated rings. The third-order valence-corrected chi connectivity index (χ3v) is 3.60. The summed E-state index contributed by atoms with van der Waals surface area (Å²) in [5, 5.41) is 1.14. The summed E-state index contributed by atoms with van der Waals surface area (Å²) in [6.07, 6.45) is 3.72. The van der Waals surface area contributed by atoms with E-state index in [1.54, 1.807) is 0 Å². The van der Waals surface area contributed by atoms with E-state index in [0.717, 1.165) is 41.9 Å². The summed E-state index contributed by atoms with van der Waals surface area (Å²) >= 11 is 0. The molecule has 4 nitrogen and oxygen atoms in total. The zero-order valence-corrected chi connectivity index (χ0v) is 11.8. The zero-order chi connectivity index (χ0) is 13.9. The van der Waals surface area contributed by atoms with E-state index in [-0.39, 0.29) is 0 Å². The number of fused-ring (bicyclic) bond motifs is 3. The number of pyridine rings is 1. The molecule has 0 bridgehead atoms. The van der Waals surface area contributed by atoms with Crippen LogP contribution in [-0.2, 0) is 6.42 Å². The molecule has 1 aliphatic rings. The first-order valence-electron chi connectivity index (χ1n) is 7.15. The third kappa shape index (κ3) is 2.56. The van der Waals surface area contributed by atoms with Gasteiger partial charge in [-0.2, -0.15) is 0 Å². The monoisotopic (exact) mass is 272 g/mol. The van der Waals surface area contributed by atoms with Crippen LogP contribution in [0.25, 0.3) is 10.9 Å². The summed E-state index contributed by atoms with van der Waals surface area (Å²) in [5.41, 5.74) is 7.72. The molecule has 4 heteroatoms. The van der Waals surface area contributed by atoms with Gasteiger partial charge < -0.3 is 15.2 Å². The number of benzene rings is 1. The summed E-state index contributed by atoms with van der Waals surface area (Å²) in [4.78, 5) is 4.46. The molecule has 106 valence electrons. The van der Waals surface area contributed by atoms with Crippen molar-refractivity contribution in [1.29, 1.82) is 0 Å². The minimum Gasteiger partial charge on any atom is -0.494 e. The van der Waals surface area contributed by atoms with Gasteiger partial charge in [0.25, 0.3) is 0 Å². The first-order chi connectivity index (χ1) is 9.78. The molecule has 1 unspecified atom stereocenters. The van der Waals surface area contributed by atoms with Crippen molar-refractivity contribution < 1.29 is 9.47 Å². The Labute approximate surface area is 118 Å². The van der Waals surface area contributed by atoms with Crippen molar-refractivity contribution in [1.82, 2.24) is 4.98 Å². The topological polar surface area (TPSA) is 57.4 Å². The fourth-order valence-electron chi connectivity index (χ4n) is 2.55. The molecule has 0 amide bonds. The van der Waals surface area contributed by atoms with Crippen LogP contribution in [0.3, 0.4) is 0 Å². The Morgan fingerprint density at radius 3 is 3.20 bits per heavy atom. The fraction of sp³-hybridized carbons (Fsp3) is 0.438. The van der Waals surface area contributed by atoms with Gasteiger partial charge in [-0.15, -0.1) is 0 Å². The first-order valence-corrected chi connectivity index (χ1v) is 7.15. The Bertz CT molecular complexity index is 613. The highest BCUT2D eigenvalue weighted by Crippen LogP contribution is 2.34. The van der Waals surface area contributed by atoms with E-state index in [1.165, 1.54) is 5.56 Å². The predicted octanol–water partition coefficient (Wildman–Crippen LogP) is 2.53. The average molecular weight is 272 g/mol. The second kappa shape index (κ2) is 5.67. The molecule has 2 N–H and O–H groups in total. The van der Waals surface area contributed by atoms with Crippen molar-refractivity contribution >= 4 is 10.9 Å². The number of hydrogen-bond donors (Lipinski definition) is 1. The van der Waals surface area contributed by atoms with Gasteiger partial charge >= 0.3 is 0 Å². The molecule has 2 aromatic rings. The lowest BCUT2D eigenvalue weighted by Crippen LogP contribution is -2.18. The SMILES string of the molecule is CC1COc2cnc3ccc(OCCCN)cc3c2C1. The van der Waals surface area contributed by atoms with Crippen LogP contribution in [0.5, 0.6) is 11.5 Å². The van der Waals surface area contributed by atoms with Crippen LogP contribution < -0.4 is 15.2 Å². The molecule has 1 aromatic carbocycles. The molecular formula is C16H20N2O2. The number of rotatable bonds is 4. The molecule has 1 aromatic heterocycles. The van der Waals surface area contributed by atoms with Crippen molar-refractivity contribution in [2.45, 2.75) is 19.8 Å². The lowest BCUT2D eigenvalue weighted by Gasteiger charge is -2.23. The Hall–Kier alpha value is -1.81. The van der Waals surface area contributed by atoms with E-state index in [1.807, 2.05) is 18.3 Å². The van der Waals surface area contributed by atoms with Crippen molar-refractivity contribution in [2.75, 3.05) is 19.8 Å². The standard InChI is InChI=1S/C16H20N2O2/c1-11-7-14-13-8-12(19-6-2-5-17)3-4-15(13)18-9-16(14)20-10-11/h3-4,8-9,11H,2,5-7,10,17H2,1H3. The second-order valence-electron chi connectivity index (χ2n) is 5.39. The highest BCUT2D eigenvalue weighted by atomic mass is 16.5. The Balaban J connectivity index is 1.96. The molecule has 2 heterocycles. The first kappa shape index (κ1) is 13.2. The number of hydrogen-bond acceptors (Lipinski definition) is 4. The lowest BCUT2D eigenvalue weighted by molar-refractivity contribution is 0.234. The van der Waals surface area contributed by atoms with Crippen molar-refractivity contribution in [3.8, 4) is 11.5 Å². The summed E-state index contributed by atoms with van der Waals surface area (Å²) < 4.78 is 11.5. The van der Waals surface area contributed by atoms with Crippen LogP contribution in [0.1, 0.15) is 18.9 Å². The predicted molar refractivity (Wildman–Crippen MR) is 79.3 cm³/mol. The van der Waals surface area contributed by atoms with E-state index in [9.17, 15) is 0 Å². The second-order valence-corrected chi connectivity index (χ2v) is 5.39. The van der Waals surface area contributed by atoms with E-state index in [4.69, 9.17) is 15.2 Å². The van der Waals surface area contributed by atoms with E-state index in [2.05, 4.69) is 18.0 Å². The minimum absolute atomic E-state index is 0.537. The largest absolute Gasteiger partial charge is 0.494 e. The molecule has 20 heavy (non-hydrogen) atoms. The average Bonchev–Trinajstić information content (AvgIpc) is 2.47. The van der Waals surface area contributed by atoms with Crippen molar-refractivity contribution in [2.24, 2.45) is 11.7 Å². The van der Waals surface area contributed by atoms with Gasteiger partial charge in [-0.05, 0) is 43.5 Å². The van der Waals surface area contributed by atoms with Crippen LogP contribution in [-0.4, -0.2) is 24.7 Å². The van der Waals surface area contributed by atoms with Gasteiger partial charge in [0, 0.05) is 10.9 Å². The van der Waals surface area contributed by atoms with Gasteiger partial charge in [0.2, 0.25) is 0 Å². The zero-order valence-electron chi connectivity index (χ0n) is 11.8. The maximum absolute atomic E-state index is 5.76. The van der Waals surface area contributed by atoms with Gasteiger partial charge in [0.15, 0.2) is 0 Å². The minimum atomic E-state index is 0.537. The molecule has 0 aliphatic carbocycles. The van der Waals surface area contributed by atoms with Gasteiger partial charge in [-0.1, -0.05) is 6.92 Å². The van der Waals surface area contributed by atoms with Crippen molar-refractivity contribution in [3.05, 3.63) is 30.0 Å². The summed E-state index contributed by atoms with van der Waals surface area (Å²) in [5.74, 6) is 2.32. The maximum atomic E-state index is 5.76. The molecule has 1 aliphatic heterocycles. The molecule has 0 spiro atoms. The highest BCUT2D eigenvalue weighted by molar-refractivity contribution is 5.85. The van der Waals surface area contributed by atoms with Gasteiger partial charge in [-0.3, -0.25) is 4.98 Å². The van der Waals surface area contributed by atoms with Gasteiger partial charge in [0.1, 0.15) is 11.5 Å². The molecule has 0 radical (unpaired) electrons. The van der Waals surface area contributed by atoms with E-state index < -0.39 is 0 Å². The number of nitrogens with two attached hydrogens (primary N) is 1. The van der Waals surface area contributed by atoms with Crippen LogP contribution >= 0.6 is 0 Å². The number of ether oxygens (including phenoxy) is 2. The van der Waals surface area contributed by atoms with Crippen molar-refractivity contribution in [3.63, 3.8) is 0 Å². The molecular weight excluding hydrogens is 252 g/mol. The Morgan fingerprint density at radius 1 is 1.45 bits per heavy atom. The summed E-state index contributed by atoms with van der Waals surface area (Å²) in [6.45, 7) is 4.27. The molecule has 0 saturated carbocycles. The van der Waals surface area contributed by atoms with Crippen LogP contribution in [0, 0.1) is 5.92 Å². The van der Waals surface area contributed by atoms with Crippen LogP contribution in [0.15, 0.2) is 24.4 Å². The van der Waals surface area contributed by atoms with Gasteiger partial charge in [0.05, 0.1) is 24.9 Å². The number of aromatic nitrogens is 1. The van der Waals surface area contributed by atoms with E-state index >= 15 is 0 Å². The molecule has 3 rings (SSSR count). The van der Waals surface area contributed by atoms with Gasteiger partial charge in [-0.25, -0.2) is 0 Å². The third-order valence-electron chi connectivity index (χ3n) is 3.60. The van der Waals surface area contributed by atoms with Crippen LogP contribution in [0.2, 0.25) is 0 Å². The van der Waals surface area contributed by atoms with E-state index in [0.29, 0.717) is 19.1 Å². The summed E-state index contributed by atoms with van der Waals surface area (Å²) in [7, 11) is 0. The molecule has 1 atom stereocenters. The maximum Gasteiger partial charge on any atom is 0.141 e. The lowest BCUT2D eigenvalue weighted by atomic mass is 9.95. The Morgan fingerprint density at radius 2 is 2.35 bits per heavy atom. The smallest absolute Gasteiger partial charge is 0.141 e. The van der Waals surface area contributed by atoms with Crippen LogP contribution in [0.4, 0.5) is 0 Å². The summed E-state index contributed by atoms with van der Waals surface area (Å²) in [6, 6.07) is 6.04. The number of nitrogens with zero attached hydrogens (tertiary/aromatic N) is 1.